The van der Waals surface area contributed by atoms with E-state index in [-0.39, 0.29) is 12.1 Å². The Bertz CT molecular complexity index is 795. The second-order valence-corrected chi connectivity index (χ2v) is 7.13. The molecule has 0 aliphatic carbocycles. The Morgan fingerprint density at radius 3 is 2.04 bits per heavy atom. The molecule has 4 heteroatoms. The first-order valence-corrected chi connectivity index (χ1v) is 10.9. The van der Waals surface area contributed by atoms with Crippen LogP contribution in [0.4, 0.5) is 3.89 Å². The van der Waals surface area contributed by atoms with Crippen molar-refractivity contribution in [3.05, 3.63) is 66.4 Å². The fraction of sp³-hybridized carbons (Fsp3) is 0.375. The summed E-state index contributed by atoms with van der Waals surface area (Å²) in [5.41, 5.74) is 4.73. The molecule has 0 saturated carbocycles. The smallest absolute Gasteiger partial charge is 0.140 e. The van der Waals surface area contributed by atoms with E-state index < -0.39 is 0 Å². The van der Waals surface area contributed by atoms with Crippen LogP contribution in [0.1, 0.15) is 52.0 Å². The number of nitrogens with zero attached hydrogens (tertiary/aromatic N) is 2. The molecule has 0 saturated heterocycles. The summed E-state index contributed by atoms with van der Waals surface area (Å²) < 4.78 is 12.3. The normalized spacial score (nSPS) is 10.0. The van der Waals surface area contributed by atoms with E-state index in [0.29, 0.717) is 5.92 Å². The molecule has 1 aromatic heterocycles. The van der Waals surface area contributed by atoms with Crippen LogP contribution in [0.3, 0.4) is 0 Å². The van der Waals surface area contributed by atoms with E-state index in [1.165, 1.54) is 30.2 Å². The third-order valence-electron chi connectivity index (χ3n) is 4.27. The molecule has 0 aliphatic rings. The number of aryl methyl sites for hydroxylation is 1. The van der Waals surface area contributed by atoms with Crippen molar-refractivity contribution >= 4 is 12.1 Å². The molecular weight excluding hydrogens is 367 g/mol. The van der Waals surface area contributed by atoms with Gasteiger partial charge >= 0.3 is 0 Å². The Kier molecular flexibility index (Phi) is 11.3. The third-order valence-corrected chi connectivity index (χ3v) is 4.27. The first kappa shape index (κ1) is 24.0. The number of imidazole rings is 1. The van der Waals surface area contributed by atoms with Crippen molar-refractivity contribution in [1.29, 1.82) is 0 Å². The Balaban J connectivity index is 0.000000489. The average molecular weight is 401 g/mol. The summed E-state index contributed by atoms with van der Waals surface area (Å²) in [6.45, 7) is 8.81. The topological polar surface area (TPSA) is 17.8 Å². The summed E-state index contributed by atoms with van der Waals surface area (Å²) in [6, 6.07) is 18.8. The van der Waals surface area contributed by atoms with E-state index in [0.717, 1.165) is 17.1 Å². The van der Waals surface area contributed by atoms with Gasteiger partial charge in [0.05, 0.1) is 5.69 Å². The molecule has 2 aromatic carbocycles. The number of halogens is 1. The molecule has 3 aromatic rings. The largest absolute Gasteiger partial charge is 0.333 e. The maximum atomic E-state index is 10.2. The van der Waals surface area contributed by atoms with Crippen molar-refractivity contribution < 1.29 is 3.89 Å². The highest BCUT2D eigenvalue weighted by Gasteiger charge is 2.14. The van der Waals surface area contributed by atoms with Gasteiger partial charge in [-0.3, -0.25) is 0 Å². The molecule has 0 unspecified atom stereocenters. The molecule has 28 heavy (non-hydrogen) atoms. The lowest BCUT2D eigenvalue weighted by Gasteiger charge is -2.12. The molecule has 2 nitrogen and oxygen atoms in total. The van der Waals surface area contributed by atoms with Crippen LogP contribution in [0.5, 0.6) is 0 Å². The van der Waals surface area contributed by atoms with E-state index in [1.807, 2.05) is 18.2 Å². The fourth-order valence-corrected chi connectivity index (χ4v) is 2.67. The van der Waals surface area contributed by atoms with Crippen molar-refractivity contribution in [1.82, 2.24) is 9.55 Å². The summed E-state index contributed by atoms with van der Waals surface area (Å²) >= 11 is 0.250. The van der Waals surface area contributed by atoms with E-state index >= 15 is 0 Å². The number of aromatic nitrogens is 2. The van der Waals surface area contributed by atoms with Gasteiger partial charge in [0.15, 0.2) is 0 Å². The fourth-order valence-electron chi connectivity index (χ4n) is 2.67. The zero-order valence-corrected chi connectivity index (χ0v) is 18.8. The first-order chi connectivity index (χ1) is 13.5. The highest BCUT2D eigenvalue weighted by Crippen LogP contribution is 2.30. The van der Waals surface area contributed by atoms with Crippen LogP contribution < -0.4 is 0 Å². The van der Waals surface area contributed by atoms with Crippen LogP contribution >= 0.6 is 12.1 Å². The van der Waals surface area contributed by atoms with Crippen molar-refractivity contribution in [2.24, 2.45) is 7.05 Å². The summed E-state index contributed by atoms with van der Waals surface area (Å²) in [5.74, 6) is 1.51. The highest BCUT2D eigenvalue weighted by atomic mass is 32.2. The Morgan fingerprint density at radius 2 is 1.50 bits per heavy atom. The van der Waals surface area contributed by atoms with Crippen LogP contribution in [-0.4, -0.2) is 15.8 Å². The SMILES string of the molecule is CC(C)c1ccccc1-c1nc(-c2ccccc2)cn1C.CCCC.CSF. The van der Waals surface area contributed by atoms with Gasteiger partial charge in [0.25, 0.3) is 0 Å². The number of hydrogen-bond donors (Lipinski definition) is 0. The van der Waals surface area contributed by atoms with Crippen molar-refractivity contribution in [2.75, 3.05) is 6.26 Å². The Labute approximate surface area is 174 Å². The molecule has 0 bridgehead atoms. The lowest BCUT2D eigenvalue weighted by molar-refractivity contribution is 0.857. The molecule has 0 amide bonds. The van der Waals surface area contributed by atoms with Gasteiger partial charge in [-0.1, -0.05) is 95.1 Å². The van der Waals surface area contributed by atoms with Crippen LogP contribution in [0.25, 0.3) is 22.6 Å². The first-order valence-electron chi connectivity index (χ1n) is 9.82. The number of benzene rings is 2. The minimum absolute atomic E-state index is 0.250. The monoisotopic (exact) mass is 400 g/mol. The predicted octanol–water partition coefficient (Wildman–Crippen LogP) is 7.92. The van der Waals surface area contributed by atoms with Gasteiger partial charge in [0.2, 0.25) is 0 Å². The zero-order valence-electron chi connectivity index (χ0n) is 17.9. The molecule has 0 N–H and O–H groups in total. The minimum atomic E-state index is 0.250. The van der Waals surface area contributed by atoms with Gasteiger partial charge in [-0.15, -0.1) is 0 Å². The predicted molar refractivity (Wildman–Crippen MR) is 123 cm³/mol. The number of unbranched alkanes of at least 4 members (excludes halogenated alkanes) is 1. The van der Waals surface area contributed by atoms with Gasteiger partial charge in [0, 0.05) is 42.8 Å². The summed E-state index contributed by atoms with van der Waals surface area (Å²) in [5, 5.41) is 0. The molecule has 0 radical (unpaired) electrons. The van der Waals surface area contributed by atoms with E-state index in [4.69, 9.17) is 4.98 Å². The molecule has 3 rings (SSSR count). The quantitative estimate of drug-likeness (QED) is 0.442. The van der Waals surface area contributed by atoms with Gasteiger partial charge in [-0.05, 0) is 11.5 Å². The van der Waals surface area contributed by atoms with E-state index in [9.17, 15) is 3.89 Å². The molecule has 0 aliphatic heterocycles. The third kappa shape index (κ3) is 7.16. The van der Waals surface area contributed by atoms with Crippen molar-refractivity contribution in [2.45, 2.75) is 46.5 Å². The van der Waals surface area contributed by atoms with E-state index in [1.54, 1.807) is 0 Å². The van der Waals surface area contributed by atoms with Gasteiger partial charge in [-0.25, -0.2) is 4.98 Å². The summed E-state index contributed by atoms with van der Waals surface area (Å²) in [4.78, 5) is 4.86. The molecule has 0 spiro atoms. The van der Waals surface area contributed by atoms with Crippen LogP contribution in [0, 0.1) is 0 Å². The number of rotatable bonds is 4. The van der Waals surface area contributed by atoms with Crippen LogP contribution in [0.15, 0.2) is 60.8 Å². The lowest BCUT2D eigenvalue weighted by Crippen LogP contribution is -1.97. The summed E-state index contributed by atoms with van der Waals surface area (Å²) in [6.07, 6.45) is 6.11. The Hall–Kier alpha value is -2.07. The van der Waals surface area contributed by atoms with Crippen molar-refractivity contribution in [3.8, 4) is 22.6 Å². The van der Waals surface area contributed by atoms with Crippen molar-refractivity contribution in [3.63, 3.8) is 0 Å². The maximum Gasteiger partial charge on any atom is 0.140 e. The second kappa shape index (κ2) is 13.2. The maximum absolute atomic E-state index is 10.2. The lowest BCUT2D eigenvalue weighted by atomic mass is 9.97. The van der Waals surface area contributed by atoms with Gasteiger partial charge < -0.3 is 4.57 Å². The Morgan fingerprint density at radius 1 is 0.964 bits per heavy atom. The van der Waals surface area contributed by atoms with E-state index in [2.05, 4.69) is 81.9 Å². The molecule has 0 atom stereocenters. The van der Waals surface area contributed by atoms with Gasteiger partial charge in [-0.2, -0.15) is 3.89 Å². The average Bonchev–Trinajstić information content (AvgIpc) is 3.11. The zero-order chi connectivity index (χ0) is 20.9. The molecule has 1 heterocycles. The van der Waals surface area contributed by atoms with Crippen LogP contribution in [-0.2, 0) is 7.05 Å². The summed E-state index contributed by atoms with van der Waals surface area (Å²) in [7, 11) is 2.06. The molecule has 0 fully saturated rings. The van der Waals surface area contributed by atoms with Gasteiger partial charge in [0.1, 0.15) is 5.82 Å². The molecular formula is C24H33FN2S. The minimum Gasteiger partial charge on any atom is -0.333 e. The highest BCUT2D eigenvalue weighted by molar-refractivity contribution is 7.93. The second-order valence-electron chi connectivity index (χ2n) is 6.82. The standard InChI is InChI=1S/C19H20N2.C4H10.CH3FS/c1-14(2)16-11-7-8-12-17(16)19-20-18(13-21(19)3)15-9-5-4-6-10-15;1-3-4-2;1-3-2/h4-14H,1-3H3;3-4H2,1-2H3;1H3. The number of hydrogen-bond acceptors (Lipinski definition) is 2. The molecule has 152 valence electrons. The van der Waals surface area contributed by atoms with Crippen LogP contribution in [0.2, 0.25) is 0 Å².